The first-order chi connectivity index (χ1) is 10.9. The van der Waals surface area contributed by atoms with Crippen molar-refractivity contribution in [2.24, 2.45) is 0 Å². The molecule has 0 N–H and O–H groups in total. The van der Waals surface area contributed by atoms with Gasteiger partial charge in [-0.25, -0.2) is 0 Å². The van der Waals surface area contributed by atoms with E-state index in [0.717, 1.165) is 34.5 Å². The fourth-order valence-electron chi connectivity index (χ4n) is 2.94. The molecule has 6 rings (SSSR count). The summed E-state index contributed by atoms with van der Waals surface area (Å²) in [6, 6.07) is 19.0. The van der Waals surface area contributed by atoms with Gasteiger partial charge >= 0.3 is 135 Å². The number of hydrogen-bond acceptors (Lipinski definition) is 3. The normalized spacial score (nSPS) is 14.0. The molecule has 3 aliphatic heterocycles. The maximum absolute atomic E-state index is 5.68. The van der Waals surface area contributed by atoms with Crippen LogP contribution >= 0.6 is 0 Å². The van der Waals surface area contributed by atoms with Crippen molar-refractivity contribution in [3.8, 4) is 34.5 Å². The number of para-hydroxylation sites is 3. The van der Waals surface area contributed by atoms with Crippen LogP contribution in [0.2, 0.25) is 0 Å². The molecule has 0 saturated heterocycles. The van der Waals surface area contributed by atoms with Crippen LogP contribution in [0, 0.1) is 0 Å². The third-order valence-electron chi connectivity index (χ3n) is 4.11. The van der Waals surface area contributed by atoms with Gasteiger partial charge < -0.3 is 0 Å². The SMILES string of the molecule is c1cc2c([c]([Bi]([c]3cccc4c3O4)[c]3cccc4c3O4)c1)O2. The molecule has 3 nitrogen and oxygen atoms in total. The zero-order valence-corrected chi connectivity index (χ0v) is 14.8. The minimum absolute atomic E-state index is 1.02. The Bertz CT molecular complexity index is 853. The molecule has 0 unspecified atom stereocenters. The maximum atomic E-state index is 5.68. The Kier molecular flexibility index (Phi) is 2.00. The molecule has 3 aromatic carbocycles. The number of fused-ring (bicyclic) bond motifs is 3. The van der Waals surface area contributed by atoms with Gasteiger partial charge in [0.2, 0.25) is 0 Å². The van der Waals surface area contributed by atoms with Crippen molar-refractivity contribution >= 4 is 31.6 Å². The quantitative estimate of drug-likeness (QED) is 0.288. The van der Waals surface area contributed by atoms with Crippen LogP contribution in [0.3, 0.4) is 0 Å². The van der Waals surface area contributed by atoms with E-state index in [1.807, 2.05) is 18.2 Å². The van der Waals surface area contributed by atoms with Gasteiger partial charge in [-0.3, -0.25) is 0 Å². The van der Waals surface area contributed by atoms with Gasteiger partial charge in [-0.05, 0) is 0 Å². The van der Waals surface area contributed by atoms with E-state index < -0.39 is 21.8 Å². The van der Waals surface area contributed by atoms with Crippen molar-refractivity contribution in [3.05, 3.63) is 54.6 Å². The van der Waals surface area contributed by atoms with Gasteiger partial charge in [-0.2, -0.15) is 0 Å². The first-order valence-electron chi connectivity index (χ1n) is 7.13. The molecule has 22 heavy (non-hydrogen) atoms. The van der Waals surface area contributed by atoms with Gasteiger partial charge in [0, 0.05) is 0 Å². The van der Waals surface area contributed by atoms with E-state index in [1.54, 1.807) is 0 Å². The van der Waals surface area contributed by atoms with Gasteiger partial charge in [0.1, 0.15) is 0 Å². The molecule has 3 aromatic rings. The third kappa shape index (κ3) is 1.53. The van der Waals surface area contributed by atoms with E-state index >= 15 is 0 Å². The molecule has 0 aromatic heterocycles. The van der Waals surface area contributed by atoms with Crippen LogP contribution in [0.1, 0.15) is 0 Å². The molecule has 0 bridgehead atoms. The van der Waals surface area contributed by atoms with Crippen molar-refractivity contribution in [3.63, 3.8) is 0 Å². The van der Waals surface area contributed by atoms with Crippen molar-refractivity contribution in [2.45, 2.75) is 0 Å². The summed E-state index contributed by atoms with van der Waals surface area (Å²) in [5.41, 5.74) is 0. The van der Waals surface area contributed by atoms with E-state index in [9.17, 15) is 0 Å². The van der Waals surface area contributed by atoms with Crippen LogP contribution in [-0.2, 0) is 0 Å². The Labute approximate surface area is 134 Å². The van der Waals surface area contributed by atoms with Crippen LogP contribution in [-0.4, -0.2) is 21.8 Å². The molecule has 104 valence electrons. The van der Waals surface area contributed by atoms with Gasteiger partial charge in [0.25, 0.3) is 0 Å². The van der Waals surface area contributed by atoms with Crippen molar-refractivity contribution < 1.29 is 14.2 Å². The minimum atomic E-state index is -2.45. The summed E-state index contributed by atoms with van der Waals surface area (Å²) in [4.78, 5) is 0. The standard InChI is InChI=1S/3C6H3O.Bi/c3*1-2-4-6-5(3-1)7-6;/h3*1-3H;. The number of benzene rings is 3. The van der Waals surface area contributed by atoms with E-state index in [2.05, 4.69) is 36.4 Å². The Morgan fingerprint density at radius 1 is 0.500 bits per heavy atom. The number of ether oxygens (including phenoxy) is 3. The second kappa shape index (κ2) is 3.82. The molecule has 3 heterocycles. The van der Waals surface area contributed by atoms with Crippen molar-refractivity contribution in [1.29, 1.82) is 0 Å². The number of rotatable bonds is 3. The summed E-state index contributed by atoms with van der Waals surface area (Å²) in [6.45, 7) is 0. The molecule has 0 atom stereocenters. The molecular formula is C18H9BiO3. The summed E-state index contributed by atoms with van der Waals surface area (Å²) in [5, 5.41) is 0. The fraction of sp³-hybridized carbons (Fsp3) is 0. The predicted octanol–water partition coefficient (Wildman–Crippen LogP) is 2.52. The molecule has 4 heteroatoms. The van der Waals surface area contributed by atoms with Crippen LogP contribution in [0.5, 0.6) is 34.5 Å². The zero-order chi connectivity index (χ0) is 14.3. The van der Waals surface area contributed by atoms with Crippen LogP contribution in [0.25, 0.3) is 0 Å². The number of hydrogen-bond donors (Lipinski definition) is 0. The second-order valence-electron chi connectivity index (χ2n) is 5.45. The Morgan fingerprint density at radius 2 is 0.864 bits per heavy atom. The predicted molar refractivity (Wildman–Crippen MR) is 84.2 cm³/mol. The van der Waals surface area contributed by atoms with Gasteiger partial charge in [-0.15, -0.1) is 0 Å². The molecule has 3 aliphatic rings. The summed E-state index contributed by atoms with van der Waals surface area (Å²) in [5.74, 6) is 6.31. The van der Waals surface area contributed by atoms with E-state index in [0.29, 0.717) is 0 Å². The molecular weight excluding hydrogens is 473 g/mol. The Balaban J connectivity index is 1.62. The molecule has 0 aliphatic carbocycles. The second-order valence-corrected chi connectivity index (χ2v) is 13.7. The summed E-state index contributed by atoms with van der Waals surface area (Å²) >= 11 is -2.45. The average molecular weight is 482 g/mol. The molecule has 0 radical (unpaired) electrons. The molecule has 0 spiro atoms. The van der Waals surface area contributed by atoms with Crippen LogP contribution in [0.4, 0.5) is 0 Å². The summed E-state index contributed by atoms with van der Waals surface area (Å²) < 4.78 is 21.2. The van der Waals surface area contributed by atoms with E-state index in [1.165, 1.54) is 9.81 Å². The zero-order valence-electron chi connectivity index (χ0n) is 11.4. The Hall–Kier alpha value is -2.06. The van der Waals surface area contributed by atoms with Crippen molar-refractivity contribution in [1.82, 2.24) is 0 Å². The molecule has 0 amide bonds. The Morgan fingerprint density at radius 3 is 1.23 bits per heavy atom. The van der Waals surface area contributed by atoms with E-state index in [-0.39, 0.29) is 0 Å². The third-order valence-corrected chi connectivity index (χ3v) is 13.8. The monoisotopic (exact) mass is 482 g/mol. The van der Waals surface area contributed by atoms with Crippen LogP contribution < -0.4 is 24.0 Å². The van der Waals surface area contributed by atoms with Gasteiger partial charge in [-0.1, -0.05) is 0 Å². The van der Waals surface area contributed by atoms with Crippen LogP contribution in [0.15, 0.2) is 54.6 Å². The van der Waals surface area contributed by atoms with Gasteiger partial charge in [0.15, 0.2) is 0 Å². The average Bonchev–Trinajstić information content (AvgIpc) is 3.42. The van der Waals surface area contributed by atoms with E-state index in [4.69, 9.17) is 14.2 Å². The van der Waals surface area contributed by atoms with Gasteiger partial charge in [0.05, 0.1) is 0 Å². The topological polar surface area (TPSA) is 37.6 Å². The van der Waals surface area contributed by atoms with Crippen molar-refractivity contribution in [2.75, 3.05) is 0 Å². The molecule has 0 fully saturated rings. The first kappa shape index (κ1) is 11.5. The fourth-order valence-corrected chi connectivity index (χ4v) is 12.9. The summed E-state index contributed by atoms with van der Waals surface area (Å²) in [7, 11) is 0. The first-order valence-corrected chi connectivity index (χ1v) is 12.3. The summed E-state index contributed by atoms with van der Waals surface area (Å²) in [6.07, 6.45) is 0. The molecule has 0 saturated carbocycles.